The first kappa shape index (κ1) is 13.5. The Hall–Kier alpha value is 0.410. The molecule has 0 spiro atoms. The number of allylic oxidation sites excluding steroid dienone is 1. The Morgan fingerprint density at radius 2 is 1.93 bits per heavy atom. The minimum Gasteiger partial charge on any atom is -0.285 e. The van der Waals surface area contributed by atoms with Crippen molar-refractivity contribution in [3.63, 3.8) is 0 Å². The Morgan fingerprint density at radius 3 is 2.40 bits per heavy atom. The number of hydrogen-bond acceptors (Lipinski definition) is 2. The Balaban J connectivity index is 2.79. The number of benzene rings is 1. The highest BCUT2D eigenvalue weighted by molar-refractivity contribution is 8.11. The molecule has 0 amide bonds. The molecule has 6 heteroatoms. The zero-order chi connectivity index (χ0) is 11.3. The molecule has 0 atom stereocenters. The second-order valence-corrected chi connectivity index (χ2v) is 8.91. The molecule has 0 aliphatic carbocycles. The molecule has 0 aliphatic heterocycles. The average molecular weight is 302 g/mol. The summed E-state index contributed by atoms with van der Waals surface area (Å²) in [7, 11) is 0. The van der Waals surface area contributed by atoms with Gasteiger partial charge in [0.05, 0.1) is 5.88 Å². The molecule has 82 valence electrons. The zero-order valence-corrected chi connectivity index (χ0v) is 11.5. The van der Waals surface area contributed by atoms with Gasteiger partial charge in [0, 0.05) is 15.6 Å². The SMILES string of the molecule is O=P(Cl)(Cl)/C=C(/CCl)Sc1ccccc1. The first-order valence-electron chi connectivity index (χ1n) is 4.01. The van der Waals surface area contributed by atoms with Crippen molar-refractivity contribution in [2.24, 2.45) is 0 Å². The van der Waals surface area contributed by atoms with Crippen LogP contribution in [-0.4, -0.2) is 5.88 Å². The molecular formula is C9H8Cl3OPS. The molecule has 0 saturated carbocycles. The van der Waals surface area contributed by atoms with E-state index >= 15 is 0 Å². The molecule has 0 radical (unpaired) electrons. The van der Waals surface area contributed by atoms with Gasteiger partial charge in [-0.05, 0) is 34.6 Å². The fourth-order valence-corrected chi connectivity index (χ4v) is 4.03. The van der Waals surface area contributed by atoms with E-state index in [1.54, 1.807) is 0 Å². The molecule has 0 fully saturated rings. The van der Waals surface area contributed by atoms with Gasteiger partial charge >= 0.3 is 0 Å². The van der Waals surface area contributed by atoms with Crippen LogP contribution < -0.4 is 0 Å². The van der Waals surface area contributed by atoms with E-state index in [0.29, 0.717) is 4.91 Å². The van der Waals surface area contributed by atoms with Gasteiger partial charge in [-0.25, -0.2) is 0 Å². The van der Waals surface area contributed by atoms with E-state index in [1.807, 2.05) is 30.3 Å². The molecule has 0 bridgehead atoms. The monoisotopic (exact) mass is 300 g/mol. The lowest BCUT2D eigenvalue weighted by atomic mass is 10.4. The highest BCUT2D eigenvalue weighted by Gasteiger charge is 2.11. The summed E-state index contributed by atoms with van der Waals surface area (Å²) < 4.78 is 11.2. The summed E-state index contributed by atoms with van der Waals surface area (Å²) in [5.74, 6) is -1.64. The van der Waals surface area contributed by atoms with Gasteiger partial charge in [-0.1, -0.05) is 30.0 Å². The molecule has 0 N–H and O–H groups in total. The summed E-state index contributed by atoms with van der Waals surface area (Å²) in [5.41, 5.74) is 0. The fourth-order valence-electron chi connectivity index (χ4n) is 0.896. The van der Waals surface area contributed by atoms with Crippen LogP contribution in [0.1, 0.15) is 0 Å². The molecule has 15 heavy (non-hydrogen) atoms. The highest BCUT2D eigenvalue weighted by atomic mass is 35.9. The zero-order valence-electron chi connectivity index (χ0n) is 7.57. The Labute approximate surface area is 108 Å². The Bertz CT molecular complexity index is 388. The summed E-state index contributed by atoms with van der Waals surface area (Å²) >= 11 is 18.0. The predicted octanol–water partition coefficient (Wildman–Crippen LogP) is 5.53. The van der Waals surface area contributed by atoms with E-state index in [9.17, 15) is 4.57 Å². The van der Waals surface area contributed by atoms with Crippen molar-refractivity contribution in [2.45, 2.75) is 4.90 Å². The predicted molar refractivity (Wildman–Crippen MR) is 70.4 cm³/mol. The maximum atomic E-state index is 11.2. The molecule has 1 nitrogen and oxygen atoms in total. The van der Waals surface area contributed by atoms with E-state index < -0.39 is 5.85 Å². The summed E-state index contributed by atoms with van der Waals surface area (Å²) in [6.07, 6.45) is 0. The van der Waals surface area contributed by atoms with Gasteiger partial charge in [0.1, 0.15) is 0 Å². The van der Waals surface area contributed by atoms with Crippen LogP contribution in [0.4, 0.5) is 0 Å². The number of halogens is 3. The van der Waals surface area contributed by atoms with Crippen molar-refractivity contribution in [3.05, 3.63) is 41.1 Å². The number of thioether (sulfide) groups is 1. The van der Waals surface area contributed by atoms with Gasteiger partial charge in [0.25, 0.3) is 5.85 Å². The van der Waals surface area contributed by atoms with E-state index in [1.165, 1.54) is 17.6 Å². The third-order valence-electron chi connectivity index (χ3n) is 1.42. The minimum absolute atomic E-state index is 0.239. The second kappa shape index (κ2) is 6.22. The molecule has 0 unspecified atom stereocenters. The van der Waals surface area contributed by atoms with Crippen molar-refractivity contribution < 1.29 is 4.57 Å². The van der Waals surface area contributed by atoms with Gasteiger partial charge in [-0.3, -0.25) is 4.57 Å². The van der Waals surface area contributed by atoms with Crippen LogP contribution >= 0.6 is 51.7 Å². The van der Waals surface area contributed by atoms with E-state index in [0.717, 1.165) is 4.90 Å². The highest BCUT2D eigenvalue weighted by Crippen LogP contribution is 2.59. The maximum absolute atomic E-state index is 11.2. The molecule has 0 aromatic heterocycles. The van der Waals surface area contributed by atoms with Crippen LogP contribution in [0.2, 0.25) is 0 Å². The lowest BCUT2D eigenvalue weighted by molar-refractivity contribution is 0.597. The molecule has 1 rings (SSSR count). The van der Waals surface area contributed by atoms with Gasteiger partial charge < -0.3 is 0 Å². The Kier molecular flexibility index (Phi) is 5.59. The largest absolute Gasteiger partial charge is 0.285 e. The number of alkyl halides is 1. The van der Waals surface area contributed by atoms with E-state index in [-0.39, 0.29) is 5.88 Å². The van der Waals surface area contributed by atoms with Crippen LogP contribution in [-0.2, 0) is 4.57 Å². The summed E-state index contributed by atoms with van der Waals surface area (Å²) in [6.45, 7) is 0. The third kappa shape index (κ3) is 5.89. The lowest BCUT2D eigenvalue weighted by Gasteiger charge is -2.03. The normalized spacial score (nSPS) is 12.9. The second-order valence-electron chi connectivity index (χ2n) is 2.65. The van der Waals surface area contributed by atoms with Crippen molar-refractivity contribution >= 4 is 51.7 Å². The number of hydrogen-bond donors (Lipinski definition) is 0. The molecule has 0 saturated heterocycles. The van der Waals surface area contributed by atoms with Crippen LogP contribution in [0.5, 0.6) is 0 Å². The fraction of sp³-hybridized carbons (Fsp3) is 0.111. The van der Waals surface area contributed by atoms with Gasteiger partial charge in [0.15, 0.2) is 0 Å². The quantitative estimate of drug-likeness (QED) is 0.413. The lowest BCUT2D eigenvalue weighted by Crippen LogP contribution is -1.78. The molecule has 0 aliphatic rings. The van der Waals surface area contributed by atoms with Crippen molar-refractivity contribution in [3.8, 4) is 0 Å². The average Bonchev–Trinajstić information content (AvgIpc) is 2.16. The topological polar surface area (TPSA) is 17.1 Å². The molecular weight excluding hydrogens is 293 g/mol. The molecule has 1 aromatic carbocycles. The maximum Gasteiger partial charge on any atom is 0.275 e. The van der Waals surface area contributed by atoms with Crippen molar-refractivity contribution in [1.29, 1.82) is 0 Å². The number of rotatable bonds is 4. The Morgan fingerprint density at radius 1 is 1.33 bits per heavy atom. The third-order valence-corrected chi connectivity index (χ3v) is 4.27. The standard InChI is InChI=1S/C9H8Cl3OPS/c10-6-9(7-14(11,12)13)15-8-4-2-1-3-5-8/h1-5,7H,6H2/b9-7-. The summed E-state index contributed by atoms with van der Waals surface area (Å²) in [6, 6.07) is 9.60. The van der Waals surface area contributed by atoms with Crippen LogP contribution in [0.3, 0.4) is 0 Å². The van der Waals surface area contributed by atoms with Crippen LogP contribution in [0.25, 0.3) is 0 Å². The first-order chi connectivity index (χ1) is 7.01. The molecule has 1 aromatic rings. The van der Waals surface area contributed by atoms with Crippen molar-refractivity contribution in [1.82, 2.24) is 0 Å². The van der Waals surface area contributed by atoms with Crippen LogP contribution in [0, 0.1) is 0 Å². The molecule has 0 heterocycles. The van der Waals surface area contributed by atoms with Crippen LogP contribution in [0.15, 0.2) is 45.9 Å². The van der Waals surface area contributed by atoms with Gasteiger partial charge in [0.2, 0.25) is 0 Å². The summed E-state index contributed by atoms with van der Waals surface area (Å²) in [4.78, 5) is 1.70. The van der Waals surface area contributed by atoms with E-state index in [2.05, 4.69) is 0 Å². The van der Waals surface area contributed by atoms with Gasteiger partial charge in [-0.2, -0.15) is 0 Å². The smallest absolute Gasteiger partial charge is 0.275 e. The van der Waals surface area contributed by atoms with E-state index in [4.69, 9.17) is 34.1 Å². The minimum atomic E-state index is -3.20. The van der Waals surface area contributed by atoms with Crippen molar-refractivity contribution in [2.75, 3.05) is 5.88 Å². The summed E-state index contributed by atoms with van der Waals surface area (Å²) in [5, 5.41) is 0. The first-order valence-corrected chi connectivity index (χ1v) is 8.94. The van der Waals surface area contributed by atoms with Gasteiger partial charge in [-0.15, -0.1) is 11.6 Å².